The Hall–Kier alpha value is -2.08. The van der Waals surface area contributed by atoms with Crippen LogP contribution < -0.4 is 10.2 Å². The van der Waals surface area contributed by atoms with Crippen LogP contribution in [0.15, 0.2) is 65.6 Å². The SMILES string of the molecule is CCc1cc([C@H](c2ccc(SC)cc2)[NH+]2CCC(C)CC2)c(NC(=O)c2ccccc2)s1. The van der Waals surface area contributed by atoms with E-state index in [-0.39, 0.29) is 11.9 Å². The molecule has 0 aliphatic carbocycles. The van der Waals surface area contributed by atoms with Crippen LogP contribution in [0.4, 0.5) is 5.00 Å². The van der Waals surface area contributed by atoms with Gasteiger partial charge in [-0.25, -0.2) is 0 Å². The van der Waals surface area contributed by atoms with E-state index in [1.54, 1.807) is 28.0 Å². The van der Waals surface area contributed by atoms with Gasteiger partial charge in [-0.15, -0.1) is 23.1 Å². The fourth-order valence-electron chi connectivity index (χ4n) is 4.56. The molecule has 3 aromatic rings. The van der Waals surface area contributed by atoms with E-state index >= 15 is 0 Å². The Morgan fingerprint density at radius 1 is 1.12 bits per heavy atom. The first-order valence-corrected chi connectivity index (χ1v) is 13.6. The molecule has 0 spiro atoms. The van der Waals surface area contributed by atoms with Crippen molar-refractivity contribution < 1.29 is 9.69 Å². The zero-order chi connectivity index (χ0) is 22.5. The Balaban J connectivity index is 1.72. The number of thioether (sulfide) groups is 1. The number of likely N-dealkylation sites (tertiary alicyclic amines) is 1. The third kappa shape index (κ3) is 5.28. The molecule has 1 aliphatic rings. The van der Waals surface area contributed by atoms with Crippen LogP contribution in [0.1, 0.15) is 59.1 Å². The molecular weight excluding hydrogens is 432 g/mol. The lowest BCUT2D eigenvalue weighted by Gasteiger charge is -2.34. The van der Waals surface area contributed by atoms with Gasteiger partial charge in [0, 0.05) is 26.5 Å². The van der Waals surface area contributed by atoms with E-state index in [0.29, 0.717) is 5.56 Å². The van der Waals surface area contributed by atoms with E-state index < -0.39 is 0 Å². The summed E-state index contributed by atoms with van der Waals surface area (Å²) < 4.78 is 0. The van der Waals surface area contributed by atoms with Crippen molar-refractivity contribution in [2.24, 2.45) is 5.92 Å². The molecule has 5 heteroatoms. The lowest BCUT2D eigenvalue weighted by atomic mass is 9.92. The number of thiophene rings is 1. The highest BCUT2D eigenvalue weighted by molar-refractivity contribution is 7.98. The van der Waals surface area contributed by atoms with Crippen LogP contribution in [-0.4, -0.2) is 25.3 Å². The fraction of sp³-hybridized carbons (Fsp3) is 0.370. The van der Waals surface area contributed by atoms with E-state index in [2.05, 4.69) is 55.8 Å². The summed E-state index contributed by atoms with van der Waals surface area (Å²) in [4.78, 5) is 17.2. The van der Waals surface area contributed by atoms with Gasteiger partial charge in [-0.3, -0.25) is 4.79 Å². The van der Waals surface area contributed by atoms with Crippen LogP contribution in [0, 0.1) is 5.92 Å². The highest BCUT2D eigenvalue weighted by atomic mass is 32.2. The minimum atomic E-state index is -0.0323. The van der Waals surface area contributed by atoms with Crippen LogP contribution in [0.5, 0.6) is 0 Å². The predicted molar refractivity (Wildman–Crippen MR) is 137 cm³/mol. The number of quaternary nitrogens is 1. The number of amides is 1. The number of hydrogen-bond acceptors (Lipinski definition) is 3. The predicted octanol–water partition coefficient (Wildman–Crippen LogP) is 5.69. The summed E-state index contributed by atoms with van der Waals surface area (Å²) in [5, 5.41) is 4.27. The summed E-state index contributed by atoms with van der Waals surface area (Å²) in [5.74, 6) is 0.763. The second-order valence-electron chi connectivity index (χ2n) is 8.72. The first-order valence-electron chi connectivity index (χ1n) is 11.6. The molecule has 2 aromatic carbocycles. The van der Waals surface area contributed by atoms with E-state index in [9.17, 15) is 4.79 Å². The van der Waals surface area contributed by atoms with Crippen LogP contribution >= 0.6 is 23.1 Å². The standard InChI is InChI=1S/C27H32N2OS2/c1-4-22-18-24(27(32-22)28-26(30)21-8-6-5-7-9-21)25(29-16-14-19(2)15-17-29)20-10-12-23(31-3)13-11-20/h5-13,18-19,25H,4,14-17H2,1-3H3,(H,28,30)/p+1/t25-/m0/s1. The molecule has 0 bridgehead atoms. The molecule has 32 heavy (non-hydrogen) atoms. The van der Waals surface area contributed by atoms with E-state index in [1.807, 2.05) is 30.3 Å². The molecule has 1 amide bonds. The van der Waals surface area contributed by atoms with E-state index in [4.69, 9.17) is 0 Å². The zero-order valence-electron chi connectivity index (χ0n) is 19.2. The molecule has 0 radical (unpaired) electrons. The van der Waals surface area contributed by atoms with Crippen LogP contribution in [-0.2, 0) is 6.42 Å². The number of nitrogens with one attached hydrogen (secondary N) is 2. The number of carbonyl (C=O) groups is 1. The Bertz CT molecular complexity index is 1020. The lowest BCUT2D eigenvalue weighted by Crippen LogP contribution is -3.13. The Labute approximate surface area is 200 Å². The van der Waals surface area contributed by atoms with Crippen molar-refractivity contribution in [3.05, 3.63) is 82.2 Å². The summed E-state index contributed by atoms with van der Waals surface area (Å²) in [7, 11) is 0. The summed E-state index contributed by atoms with van der Waals surface area (Å²) in [6, 6.07) is 21.1. The maximum absolute atomic E-state index is 13.0. The average Bonchev–Trinajstić information content (AvgIpc) is 3.23. The smallest absolute Gasteiger partial charge is 0.256 e. The first-order chi connectivity index (χ1) is 15.6. The van der Waals surface area contributed by atoms with Crippen molar-refractivity contribution in [3.8, 4) is 0 Å². The summed E-state index contributed by atoms with van der Waals surface area (Å²) in [6.45, 7) is 6.89. The molecule has 1 fully saturated rings. The number of rotatable bonds is 7. The van der Waals surface area contributed by atoms with Crippen molar-refractivity contribution in [1.29, 1.82) is 0 Å². The van der Waals surface area contributed by atoms with Gasteiger partial charge in [0.05, 0.1) is 13.1 Å². The molecule has 3 nitrogen and oxygen atoms in total. The van der Waals surface area contributed by atoms with Gasteiger partial charge in [0.2, 0.25) is 0 Å². The zero-order valence-corrected chi connectivity index (χ0v) is 20.8. The second-order valence-corrected chi connectivity index (χ2v) is 10.7. The minimum absolute atomic E-state index is 0.0323. The van der Waals surface area contributed by atoms with Gasteiger partial charge < -0.3 is 10.2 Å². The molecule has 1 atom stereocenters. The van der Waals surface area contributed by atoms with Gasteiger partial charge in [-0.05, 0) is 61.8 Å². The number of benzene rings is 2. The van der Waals surface area contributed by atoms with Crippen LogP contribution in [0.25, 0.3) is 0 Å². The highest BCUT2D eigenvalue weighted by Gasteiger charge is 2.33. The van der Waals surface area contributed by atoms with Gasteiger partial charge in [-0.1, -0.05) is 44.2 Å². The molecule has 0 unspecified atom stereocenters. The maximum atomic E-state index is 13.0. The molecule has 2 N–H and O–H groups in total. The van der Waals surface area contributed by atoms with Gasteiger partial charge >= 0.3 is 0 Å². The van der Waals surface area contributed by atoms with Crippen molar-refractivity contribution in [2.75, 3.05) is 24.7 Å². The molecule has 1 aliphatic heterocycles. The summed E-state index contributed by atoms with van der Waals surface area (Å²) in [5.41, 5.74) is 3.30. The fourth-order valence-corrected chi connectivity index (χ4v) is 6.00. The topological polar surface area (TPSA) is 33.5 Å². The third-order valence-electron chi connectivity index (χ3n) is 6.51. The van der Waals surface area contributed by atoms with Crippen molar-refractivity contribution >= 4 is 34.0 Å². The molecule has 2 heterocycles. The normalized spacial score (nSPS) is 19.5. The molecular formula is C27H33N2OS2+. The highest BCUT2D eigenvalue weighted by Crippen LogP contribution is 2.36. The molecule has 4 rings (SSSR count). The minimum Gasteiger partial charge on any atom is -0.325 e. The second kappa shape index (κ2) is 10.7. The number of hydrogen-bond donors (Lipinski definition) is 2. The van der Waals surface area contributed by atoms with Gasteiger partial charge in [0.1, 0.15) is 11.0 Å². The lowest BCUT2D eigenvalue weighted by molar-refractivity contribution is -0.931. The monoisotopic (exact) mass is 465 g/mol. The third-order valence-corrected chi connectivity index (χ3v) is 8.46. The van der Waals surface area contributed by atoms with Gasteiger partial charge in [-0.2, -0.15) is 0 Å². The summed E-state index contributed by atoms with van der Waals surface area (Å²) >= 11 is 3.50. The maximum Gasteiger partial charge on any atom is 0.256 e. The number of piperidine rings is 1. The average molecular weight is 466 g/mol. The van der Waals surface area contributed by atoms with Crippen LogP contribution in [0.3, 0.4) is 0 Å². The largest absolute Gasteiger partial charge is 0.325 e. The van der Waals surface area contributed by atoms with Crippen LogP contribution in [0.2, 0.25) is 0 Å². The van der Waals surface area contributed by atoms with E-state index in [1.165, 1.54) is 46.8 Å². The Morgan fingerprint density at radius 2 is 1.81 bits per heavy atom. The van der Waals surface area contributed by atoms with Crippen molar-refractivity contribution in [3.63, 3.8) is 0 Å². The molecule has 1 saturated heterocycles. The van der Waals surface area contributed by atoms with Gasteiger partial charge in [0.25, 0.3) is 5.91 Å². The van der Waals surface area contributed by atoms with E-state index in [0.717, 1.165) is 17.3 Å². The Kier molecular flexibility index (Phi) is 7.71. The molecule has 168 valence electrons. The molecule has 1 aromatic heterocycles. The number of anilines is 1. The number of carbonyl (C=O) groups excluding carboxylic acids is 1. The quantitative estimate of drug-likeness (QED) is 0.440. The van der Waals surface area contributed by atoms with Crippen molar-refractivity contribution in [2.45, 2.75) is 44.0 Å². The number of aryl methyl sites for hydroxylation is 1. The molecule has 0 saturated carbocycles. The van der Waals surface area contributed by atoms with Crippen molar-refractivity contribution in [1.82, 2.24) is 0 Å². The summed E-state index contributed by atoms with van der Waals surface area (Å²) in [6.07, 6.45) is 5.60. The Morgan fingerprint density at radius 3 is 2.44 bits per heavy atom. The van der Waals surface area contributed by atoms with Gasteiger partial charge in [0.15, 0.2) is 0 Å². The first kappa shape index (κ1) is 23.1.